The van der Waals surface area contributed by atoms with Crippen molar-refractivity contribution in [2.75, 3.05) is 5.32 Å². The summed E-state index contributed by atoms with van der Waals surface area (Å²) in [7, 11) is 0. The minimum atomic E-state index is -0.365. The van der Waals surface area contributed by atoms with E-state index >= 15 is 0 Å². The average Bonchev–Trinajstić information content (AvgIpc) is 2.47. The third kappa shape index (κ3) is 4.52. The molecule has 1 heterocycles. The smallest absolute Gasteiger partial charge is 0.271 e. The van der Waals surface area contributed by atoms with Crippen molar-refractivity contribution in [2.45, 2.75) is 13.8 Å². The molecular formula is C16H16N4O2. The number of hydrazone groups is 1. The fraction of sp³-hybridized carbons (Fsp3) is 0.125. The summed E-state index contributed by atoms with van der Waals surface area (Å²) in [6, 6.07) is 12.1. The molecule has 0 unspecified atom stereocenters. The Morgan fingerprint density at radius 3 is 2.68 bits per heavy atom. The first kappa shape index (κ1) is 15.4. The number of carbonyl (C=O) groups excluding carboxylic acids is 2. The van der Waals surface area contributed by atoms with E-state index in [1.165, 1.54) is 13.1 Å². The van der Waals surface area contributed by atoms with Crippen molar-refractivity contribution in [1.29, 1.82) is 0 Å². The van der Waals surface area contributed by atoms with Crippen LogP contribution in [0.4, 0.5) is 5.69 Å². The number of aryl methyl sites for hydroxylation is 1. The molecule has 6 heteroatoms. The molecule has 0 aliphatic heterocycles. The van der Waals surface area contributed by atoms with Crippen LogP contribution in [-0.2, 0) is 4.79 Å². The maximum atomic E-state index is 12.0. The van der Waals surface area contributed by atoms with Gasteiger partial charge in [0.1, 0.15) is 0 Å². The summed E-state index contributed by atoms with van der Waals surface area (Å²) in [5.41, 5.74) is 4.92. The zero-order chi connectivity index (χ0) is 15.9. The van der Waals surface area contributed by atoms with Gasteiger partial charge >= 0.3 is 0 Å². The third-order valence-electron chi connectivity index (χ3n) is 2.72. The van der Waals surface area contributed by atoms with Crippen molar-refractivity contribution in [3.05, 3.63) is 59.4 Å². The Hall–Kier alpha value is -3.02. The van der Waals surface area contributed by atoms with Crippen LogP contribution in [-0.4, -0.2) is 23.0 Å². The monoisotopic (exact) mass is 296 g/mol. The minimum Gasteiger partial charge on any atom is -0.326 e. The van der Waals surface area contributed by atoms with Crippen molar-refractivity contribution in [3.8, 4) is 0 Å². The lowest BCUT2D eigenvalue weighted by molar-refractivity contribution is -0.114. The molecule has 0 aliphatic carbocycles. The second-order valence-electron chi connectivity index (χ2n) is 4.66. The van der Waals surface area contributed by atoms with Crippen molar-refractivity contribution < 1.29 is 9.59 Å². The zero-order valence-electron chi connectivity index (χ0n) is 12.3. The van der Waals surface area contributed by atoms with Gasteiger partial charge in [-0.1, -0.05) is 12.1 Å². The Labute approximate surface area is 128 Å². The lowest BCUT2D eigenvalue weighted by Crippen LogP contribution is -2.18. The summed E-state index contributed by atoms with van der Waals surface area (Å²) >= 11 is 0. The van der Waals surface area contributed by atoms with Crippen LogP contribution in [0.5, 0.6) is 0 Å². The van der Waals surface area contributed by atoms with Crippen molar-refractivity contribution in [1.82, 2.24) is 10.4 Å². The van der Waals surface area contributed by atoms with Crippen molar-refractivity contribution in [2.24, 2.45) is 5.10 Å². The minimum absolute atomic E-state index is 0.193. The molecule has 1 aromatic heterocycles. The number of amides is 2. The second-order valence-corrected chi connectivity index (χ2v) is 4.66. The summed E-state index contributed by atoms with van der Waals surface area (Å²) < 4.78 is 0. The van der Waals surface area contributed by atoms with Crippen LogP contribution in [0.25, 0.3) is 0 Å². The van der Waals surface area contributed by atoms with E-state index in [1.54, 1.807) is 30.3 Å². The molecule has 0 saturated carbocycles. The Morgan fingerprint density at radius 1 is 1.18 bits per heavy atom. The number of hydrogen-bond acceptors (Lipinski definition) is 4. The van der Waals surface area contributed by atoms with Gasteiger partial charge in [0.15, 0.2) is 0 Å². The molecule has 0 spiro atoms. The van der Waals surface area contributed by atoms with Crippen molar-refractivity contribution in [3.63, 3.8) is 0 Å². The van der Waals surface area contributed by atoms with Crippen LogP contribution in [0.2, 0.25) is 0 Å². The maximum absolute atomic E-state index is 12.0. The van der Waals surface area contributed by atoms with Gasteiger partial charge in [0.2, 0.25) is 5.91 Å². The van der Waals surface area contributed by atoms with Gasteiger partial charge in [0.25, 0.3) is 5.91 Å². The molecule has 2 rings (SSSR count). The summed E-state index contributed by atoms with van der Waals surface area (Å²) in [5, 5.41) is 6.50. The summed E-state index contributed by atoms with van der Waals surface area (Å²) in [6.07, 6.45) is 1.47. The second kappa shape index (κ2) is 7.12. The van der Waals surface area contributed by atoms with E-state index < -0.39 is 0 Å². The molecule has 6 nitrogen and oxygen atoms in total. The van der Waals surface area contributed by atoms with E-state index in [4.69, 9.17) is 0 Å². The van der Waals surface area contributed by atoms with Crippen LogP contribution in [0.15, 0.2) is 47.6 Å². The molecule has 112 valence electrons. The molecule has 0 aliphatic rings. The molecule has 2 N–H and O–H groups in total. The van der Waals surface area contributed by atoms with Gasteiger partial charge in [-0.2, -0.15) is 5.10 Å². The topological polar surface area (TPSA) is 83.5 Å². The number of benzene rings is 1. The lowest BCUT2D eigenvalue weighted by Gasteiger charge is -2.04. The first-order valence-corrected chi connectivity index (χ1v) is 6.69. The molecule has 0 atom stereocenters. The van der Waals surface area contributed by atoms with Crippen LogP contribution in [0, 0.1) is 6.92 Å². The molecule has 0 radical (unpaired) electrons. The Balaban J connectivity index is 2.01. The molecule has 0 fully saturated rings. The third-order valence-corrected chi connectivity index (χ3v) is 2.72. The Bertz CT molecular complexity index is 726. The predicted molar refractivity (Wildman–Crippen MR) is 84.8 cm³/mol. The van der Waals surface area contributed by atoms with E-state index in [9.17, 15) is 9.59 Å². The highest BCUT2D eigenvalue weighted by Crippen LogP contribution is 2.10. The number of nitrogens with zero attached hydrogens (tertiary/aromatic N) is 2. The Kier molecular flexibility index (Phi) is 4.98. The summed E-state index contributed by atoms with van der Waals surface area (Å²) in [4.78, 5) is 27.2. The van der Waals surface area contributed by atoms with Gasteiger partial charge in [-0.05, 0) is 37.3 Å². The molecular weight excluding hydrogens is 280 g/mol. The van der Waals surface area contributed by atoms with Gasteiger partial charge in [-0.25, -0.2) is 5.43 Å². The molecule has 22 heavy (non-hydrogen) atoms. The number of rotatable bonds is 4. The van der Waals surface area contributed by atoms with Crippen LogP contribution in [0.3, 0.4) is 0 Å². The predicted octanol–water partition coefficient (Wildman–Crippen LogP) is 2.11. The zero-order valence-corrected chi connectivity index (χ0v) is 12.3. The van der Waals surface area contributed by atoms with Crippen molar-refractivity contribution >= 4 is 23.7 Å². The molecule has 2 amide bonds. The van der Waals surface area contributed by atoms with Crippen LogP contribution < -0.4 is 10.7 Å². The molecule has 2 aromatic rings. The highest BCUT2D eigenvalue weighted by Gasteiger charge is 2.05. The van der Waals surface area contributed by atoms with Gasteiger partial charge in [0.05, 0.1) is 11.9 Å². The maximum Gasteiger partial charge on any atom is 0.271 e. The Morgan fingerprint density at radius 2 is 1.95 bits per heavy atom. The fourth-order valence-corrected chi connectivity index (χ4v) is 1.80. The summed E-state index contributed by atoms with van der Waals surface area (Å²) in [5.74, 6) is -0.558. The largest absolute Gasteiger partial charge is 0.326 e. The average molecular weight is 296 g/mol. The highest BCUT2D eigenvalue weighted by atomic mass is 16.2. The quantitative estimate of drug-likeness (QED) is 0.669. The summed E-state index contributed by atoms with van der Waals surface area (Å²) in [6.45, 7) is 3.29. The first-order chi connectivity index (χ1) is 10.5. The number of anilines is 1. The normalized spacial score (nSPS) is 10.5. The standard InChI is InChI=1S/C16H16N4O2/c1-11-5-3-8-15(18-11)10-17-20-16(22)13-6-4-7-14(9-13)19-12(2)21/h3-10H,1-2H3,(H,19,21)(H,20,22)/b17-10-. The van der Waals surface area contributed by atoms with Gasteiger partial charge in [-0.15, -0.1) is 0 Å². The number of hydrogen-bond donors (Lipinski definition) is 2. The van der Waals surface area contributed by atoms with E-state index in [0.29, 0.717) is 16.9 Å². The molecule has 1 aromatic carbocycles. The molecule has 0 saturated heterocycles. The van der Waals surface area contributed by atoms with E-state index in [2.05, 4.69) is 20.8 Å². The van der Waals surface area contributed by atoms with E-state index in [-0.39, 0.29) is 11.8 Å². The van der Waals surface area contributed by atoms with Gasteiger partial charge in [0, 0.05) is 23.9 Å². The SMILES string of the molecule is CC(=O)Nc1cccc(C(=O)N/N=C\c2cccc(C)n2)c1. The molecule has 0 bridgehead atoms. The number of pyridine rings is 1. The van der Waals surface area contributed by atoms with Gasteiger partial charge in [-0.3, -0.25) is 14.6 Å². The van der Waals surface area contributed by atoms with E-state index in [1.807, 2.05) is 19.1 Å². The van der Waals surface area contributed by atoms with Crippen LogP contribution >= 0.6 is 0 Å². The van der Waals surface area contributed by atoms with Crippen LogP contribution in [0.1, 0.15) is 28.7 Å². The van der Waals surface area contributed by atoms with E-state index in [0.717, 1.165) is 5.69 Å². The first-order valence-electron chi connectivity index (χ1n) is 6.69. The number of aromatic nitrogens is 1. The van der Waals surface area contributed by atoms with Gasteiger partial charge < -0.3 is 5.32 Å². The highest BCUT2D eigenvalue weighted by molar-refractivity contribution is 5.97. The lowest BCUT2D eigenvalue weighted by atomic mass is 10.2. The number of carbonyl (C=O) groups is 2. The number of nitrogens with one attached hydrogen (secondary N) is 2. The fourth-order valence-electron chi connectivity index (χ4n) is 1.80.